The van der Waals surface area contributed by atoms with Crippen LogP contribution in [-0.2, 0) is 11.2 Å². The molecule has 96 valence electrons. The molecule has 1 aliphatic rings. The van der Waals surface area contributed by atoms with E-state index in [1.165, 1.54) is 10.5 Å². The molecule has 0 aromatic heterocycles. The Morgan fingerprint density at radius 2 is 2.11 bits per heavy atom. The van der Waals surface area contributed by atoms with Crippen LogP contribution < -0.4 is 5.32 Å². The molecule has 1 unspecified atom stereocenters. The first-order valence-corrected chi connectivity index (χ1v) is 5.97. The average molecular weight is 248 g/mol. The van der Waals surface area contributed by atoms with E-state index in [1.54, 1.807) is 0 Å². The Hall–Kier alpha value is -2.04. The third-order valence-electron chi connectivity index (χ3n) is 3.16. The Morgan fingerprint density at radius 1 is 1.44 bits per heavy atom. The highest BCUT2D eigenvalue weighted by atomic mass is 16.4. The van der Waals surface area contributed by atoms with Crippen LogP contribution in [0.3, 0.4) is 0 Å². The van der Waals surface area contributed by atoms with E-state index >= 15 is 0 Å². The molecule has 1 atom stereocenters. The number of hydrogen-bond donors (Lipinski definition) is 2. The maximum Gasteiger partial charge on any atom is 0.323 e. The fraction of sp³-hybridized carbons (Fsp3) is 0.385. The molecule has 2 rings (SSSR count). The first-order valence-electron chi connectivity index (χ1n) is 5.97. The summed E-state index contributed by atoms with van der Waals surface area (Å²) >= 11 is 0. The van der Waals surface area contributed by atoms with E-state index in [4.69, 9.17) is 5.11 Å². The van der Waals surface area contributed by atoms with Crippen molar-refractivity contribution < 1.29 is 14.7 Å². The largest absolute Gasteiger partial charge is 0.480 e. The minimum atomic E-state index is -0.998. The van der Waals surface area contributed by atoms with Gasteiger partial charge in [0.1, 0.15) is 6.54 Å². The molecule has 2 N–H and O–H groups in total. The Morgan fingerprint density at radius 3 is 2.67 bits per heavy atom. The van der Waals surface area contributed by atoms with E-state index < -0.39 is 5.97 Å². The number of aliphatic carboxylic acids is 1. The normalized spacial score (nSPS) is 18.8. The van der Waals surface area contributed by atoms with E-state index in [0.717, 1.165) is 12.0 Å². The van der Waals surface area contributed by atoms with Crippen molar-refractivity contribution in [3.63, 3.8) is 0 Å². The number of carbonyl (C=O) groups is 2. The summed E-state index contributed by atoms with van der Waals surface area (Å²) in [6.45, 7) is 2.26. The zero-order valence-electron chi connectivity index (χ0n) is 10.2. The minimum Gasteiger partial charge on any atom is -0.480 e. The molecule has 1 aromatic carbocycles. The summed E-state index contributed by atoms with van der Waals surface area (Å²) in [5, 5.41) is 11.5. The number of aryl methyl sites for hydroxylation is 1. The van der Waals surface area contributed by atoms with E-state index in [2.05, 4.69) is 12.2 Å². The van der Waals surface area contributed by atoms with Gasteiger partial charge in [0.05, 0.1) is 6.04 Å². The number of nitrogens with zero attached hydrogens (tertiary/aromatic N) is 1. The van der Waals surface area contributed by atoms with Crippen LogP contribution in [0.1, 0.15) is 24.1 Å². The fourth-order valence-corrected chi connectivity index (χ4v) is 2.14. The summed E-state index contributed by atoms with van der Waals surface area (Å²) in [7, 11) is 0. The number of carboxylic acids is 1. The molecule has 5 nitrogen and oxygen atoms in total. The number of urea groups is 1. The van der Waals surface area contributed by atoms with Gasteiger partial charge >= 0.3 is 12.0 Å². The van der Waals surface area contributed by atoms with Crippen molar-refractivity contribution in [3.05, 3.63) is 35.4 Å². The first kappa shape index (κ1) is 12.4. The SMILES string of the molecule is CCc1ccc(C2CNC(=O)N2CC(=O)O)cc1. The summed E-state index contributed by atoms with van der Waals surface area (Å²) in [6, 6.07) is 7.42. The number of hydrogen-bond acceptors (Lipinski definition) is 2. The number of benzene rings is 1. The maximum absolute atomic E-state index is 11.6. The number of nitrogens with one attached hydrogen (secondary N) is 1. The minimum absolute atomic E-state index is 0.195. The first-order chi connectivity index (χ1) is 8.61. The van der Waals surface area contributed by atoms with Gasteiger partial charge in [-0.05, 0) is 17.5 Å². The van der Waals surface area contributed by atoms with Crippen LogP contribution in [0.15, 0.2) is 24.3 Å². The average Bonchev–Trinajstić information content (AvgIpc) is 2.71. The highest BCUT2D eigenvalue weighted by molar-refractivity contribution is 5.82. The summed E-state index contributed by atoms with van der Waals surface area (Å²) in [5.41, 5.74) is 2.19. The monoisotopic (exact) mass is 248 g/mol. The van der Waals surface area contributed by atoms with E-state index in [9.17, 15) is 9.59 Å². The van der Waals surface area contributed by atoms with Crippen molar-refractivity contribution in [1.82, 2.24) is 10.2 Å². The molecule has 5 heteroatoms. The molecule has 0 spiro atoms. The standard InChI is InChI=1S/C13H16N2O3/c1-2-9-3-5-10(6-4-9)11-7-14-13(18)15(11)8-12(16)17/h3-6,11H,2,7-8H2,1H3,(H,14,18)(H,16,17). The lowest BCUT2D eigenvalue weighted by atomic mass is 10.0. The Kier molecular flexibility index (Phi) is 3.50. The maximum atomic E-state index is 11.6. The number of carboxylic acid groups (broad SMARTS) is 1. The second-order valence-electron chi connectivity index (χ2n) is 4.32. The molecule has 2 amide bonds. The number of rotatable bonds is 4. The van der Waals surface area contributed by atoms with E-state index in [0.29, 0.717) is 6.54 Å². The van der Waals surface area contributed by atoms with Crippen molar-refractivity contribution >= 4 is 12.0 Å². The lowest BCUT2D eigenvalue weighted by Crippen LogP contribution is -2.34. The molecule has 1 aromatic rings. The van der Waals surface area contributed by atoms with E-state index in [1.807, 2.05) is 24.3 Å². The van der Waals surface area contributed by atoms with Crippen LogP contribution in [0.5, 0.6) is 0 Å². The van der Waals surface area contributed by atoms with Gasteiger partial charge in [0.15, 0.2) is 0 Å². The van der Waals surface area contributed by atoms with Gasteiger partial charge in [0, 0.05) is 6.54 Å². The van der Waals surface area contributed by atoms with Crippen LogP contribution in [0, 0.1) is 0 Å². The quantitative estimate of drug-likeness (QED) is 0.846. The Labute approximate surface area is 105 Å². The van der Waals surface area contributed by atoms with Gasteiger partial charge in [-0.3, -0.25) is 4.79 Å². The lowest BCUT2D eigenvalue weighted by molar-refractivity contribution is -0.137. The predicted octanol–water partition coefficient (Wildman–Crippen LogP) is 1.40. The topological polar surface area (TPSA) is 69.6 Å². The van der Waals surface area contributed by atoms with Crippen molar-refractivity contribution in [3.8, 4) is 0 Å². The number of amides is 2. The molecule has 0 bridgehead atoms. The van der Waals surface area contributed by atoms with Crippen molar-refractivity contribution in [1.29, 1.82) is 0 Å². The second-order valence-corrected chi connectivity index (χ2v) is 4.32. The lowest BCUT2D eigenvalue weighted by Gasteiger charge is -2.21. The van der Waals surface area contributed by atoms with Crippen LogP contribution in [0.25, 0.3) is 0 Å². The summed E-state index contributed by atoms with van der Waals surface area (Å²) in [6.07, 6.45) is 0.959. The van der Waals surface area contributed by atoms with Gasteiger partial charge in [0.25, 0.3) is 0 Å². The van der Waals surface area contributed by atoms with Crippen LogP contribution in [0.4, 0.5) is 4.79 Å². The van der Waals surface area contributed by atoms with Crippen molar-refractivity contribution in [2.75, 3.05) is 13.1 Å². The zero-order chi connectivity index (χ0) is 13.1. The predicted molar refractivity (Wildman–Crippen MR) is 66.3 cm³/mol. The molecule has 1 fully saturated rings. The summed E-state index contributed by atoms with van der Waals surface area (Å²) < 4.78 is 0. The smallest absolute Gasteiger partial charge is 0.323 e. The summed E-state index contributed by atoms with van der Waals surface area (Å²) in [5.74, 6) is -0.998. The Bertz CT molecular complexity index is 456. The fourth-order valence-electron chi connectivity index (χ4n) is 2.14. The highest BCUT2D eigenvalue weighted by Gasteiger charge is 2.32. The number of carbonyl (C=O) groups excluding carboxylic acids is 1. The Balaban J connectivity index is 2.19. The molecule has 1 aliphatic heterocycles. The molecule has 1 heterocycles. The van der Waals surface area contributed by atoms with Gasteiger partial charge in [-0.25, -0.2) is 4.79 Å². The van der Waals surface area contributed by atoms with Gasteiger partial charge in [0.2, 0.25) is 0 Å². The van der Waals surface area contributed by atoms with Gasteiger partial charge in [-0.2, -0.15) is 0 Å². The molecular weight excluding hydrogens is 232 g/mol. The molecule has 18 heavy (non-hydrogen) atoms. The summed E-state index contributed by atoms with van der Waals surface area (Å²) in [4.78, 5) is 23.7. The van der Waals surface area contributed by atoms with Gasteiger partial charge in [-0.15, -0.1) is 0 Å². The van der Waals surface area contributed by atoms with E-state index in [-0.39, 0.29) is 18.6 Å². The molecular formula is C13H16N2O3. The van der Waals surface area contributed by atoms with Gasteiger partial charge in [-0.1, -0.05) is 31.2 Å². The molecule has 0 aliphatic carbocycles. The highest BCUT2D eigenvalue weighted by Crippen LogP contribution is 2.24. The zero-order valence-corrected chi connectivity index (χ0v) is 10.2. The van der Waals surface area contributed by atoms with Crippen molar-refractivity contribution in [2.45, 2.75) is 19.4 Å². The molecule has 0 radical (unpaired) electrons. The third kappa shape index (κ3) is 2.45. The molecule has 0 saturated carbocycles. The molecule has 1 saturated heterocycles. The van der Waals surface area contributed by atoms with Crippen LogP contribution in [0.2, 0.25) is 0 Å². The van der Waals surface area contributed by atoms with Crippen LogP contribution in [-0.4, -0.2) is 35.1 Å². The van der Waals surface area contributed by atoms with Crippen molar-refractivity contribution in [2.24, 2.45) is 0 Å². The van der Waals surface area contributed by atoms with Crippen LogP contribution >= 0.6 is 0 Å². The van der Waals surface area contributed by atoms with Gasteiger partial charge < -0.3 is 15.3 Å². The second kappa shape index (κ2) is 5.08. The third-order valence-corrected chi connectivity index (χ3v) is 3.16.